The van der Waals surface area contributed by atoms with E-state index in [4.69, 9.17) is 4.74 Å². The van der Waals surface area contributed by atoms with Crippen LogP contribution in [0.1, 0.15) is 44.6 Å². The molecule has 1 aliphatic rings. The fourth-order valence-electron chi connectivity index (χ4n) is 2.59. The Labute approximate surface area is 110 Å². The van der Waals surface area contributed by atoms with Gasteiger partial charge in [-0.1, -0.05) is 25.8 Å². The first-order valence-corrected chi connectivity index (χ1v) is 7.00. The summed E-state index contributed by atoms with van der Waals surface area (Å²) in [5.74, 6) is 1.58. The normalized spacial score (nSPS) is 24.6. The Bertz CT molecular complexity index is 350. The third-order valence-electron chi connectivity index (χ3n) is 3.86. The average molecular weight is 248 g/mol. The van der Waals surface area contributed by atoms with Gasteiger partial charge in [0.05, 0.1) is 7.11 Å². The van der Waals surface area contributed by atoms with E-state index in [0.717, 1.165) is 12.5 Å². The van der Waals surface area contributed by atoms with Crippen LogP contribution in [0.25, 0.3) is 0 Å². The number of ether oxygens (including phenoxy) is 1. The Morgan fingerprint density at radius 1 is 1.28 bits per heavy atom. The van der Waals surface area contributed by atoms with E-state index in [-0.39, 0.29) is 0 Å². The maximum absolute atomic E-state index is 5.06. The van der Waals surface area contributed by atoms with Crippen molar-refractivity contribution in [3.05, 3.63) is 23.9 Å². The largest absolute Gasteiger partial charge is 0.481 e. The molecule has 2 atom stereocenters. The van der Waals surface area contributed by atoms with E-state index in [2.05, 4.69) is 23.3 Å². The highest BCUT2D eigenvalue weighted by molar-refractivity contribution is 5.17. The van der Waals surface area contributed by atoms with E-state index in [1.54, 1.807) is 7.11 Å². The van der Waals surface area contributed by atoms with Gasteiger partial charge in [0.2, 0.25) is 5.88 Å². The maximum Gasteiger partial charge on any atom is 0.212 e. The molecule has 0 saturated heterocycles. The number of pyridine rings is 1. The van der Waals surface area contributed by atoms with Crippen LogP contribution >= 0.6 is 0 Å². The molecule has 0 spiro atoms. The zero-order valence-electron chi connectivity index (χ0n) is 11.5. The molecular weight excluding hydrogens is 224 g/mol. The quantitative estimate of drug-likeness (QED) is 0.831. The smallest absolute Gasteiger partial charge is 0.212 e. The molecule has 3 nitrogen and oxygen atoms in total. The van der Waals surface area contributed by atoms with Crippen LogP contribution < -0.4 is 10.1 Å². The Hall–Kier alpha value is -1.09. The van der Waals surface area contributed by atoms with Gasteiger partial charge >= 0.3 is 0 Å². The monoisotopic (exact) mass is 248 g/mol. The lowest BCUT2D eigenvalue weighted by atomic mass is 10.0. The van der Waals surface area contributed by atoms with Crippen LogP contribution in [0.2, 0.25) is 0 Å². The van der Waals surface area contributed by atoms with E-state index in [0.29, 0.717) is 11.9 Å². The molecular formula is C15H24N2O. The summed E-state index contributed by atoms with van der Waals surface area (Å²) >= 11 is 0. The summed E-state index contributed by atoms with van der Waals surface area (Å²) in [5, 5.41) is 3.66. The Morgan fingerprint density at radius 2 is 2.17 bits per heavy atom. The van der Waals surface area contributed by atoms with Gasteiger partial charge in [-0.2, -0.15) is 0 Å². The van der Waals surface area contributed by atoms with Crippen molar-refractivity contribution in [3.63, 3.8) is 0 Å². The van der Waals surface area contributed by atoms with Crippen LogP contribution in [0.4, 0.5) is 0 Å². The van der Waals surface area contributed by atoms with E-state index >= 15 is 0 Å². The molecule has 3 heteroatoms. The first kappa shape index (κ1) is 13.3. The molecule has 1 N–H and O–H groups in total. The van der Waals surface area contributed by atoms with Gasteiger partial charge in [-0.25, -0.2) is 4.98 Å². The number of methoxy groups -OCH3 is 1. The number of nitrogens with one attached hydrogen (secondary N) is 1. The van der Waals surface area contributed by atoms with Crippen molar-refractivity contribution in [2.24, 2.45) is 5.92 Å². The Morgan fingerprint density at radius 3 is 2.89 bits per heavy atom. The first-order chi connectivity index (χ1) is 8.78. The second kappa shape index (κ2) is 6.74. The highest BCUT2D eigenvalue weighted by atomic mass is 16.5. The summed E-state index contributed by atoms with van der Waals surface area (Å²) in [7, 11) is 1.65. The van der Waals surface area contributed by atoms with Crippen LogP contribution in [-0.2, 0) is 6.54 Å². The molecule has 100 valence electrons. The lowest BCUT2D eigenvalue weighted by Crippen LogP contribution is -2.27. The van der Waals surface area contributed by atoms with Crippen LogP contribution in [0.3, 0.4) is 0 Å². The maximum atomic E-state index is 5.06. The van der Waals surface area contributed by atoms with E-state index < -0.39 is 0 Å². The molecule has 0 bridgehead atoms. The molecule has 0 aromatic carbocycles. The molecule has 1 aromatic heterocycles. The fourth-order valence-corrected chi connectivity index (χ4v) is 2.59. The number of hydrogen-bond acceptors (Lipinski definition) is 3. The number of rotatable bonds is 4. The SMILES string of the molecule is COc1ccc(CNC2CCCC(C)CC2)cn1. The molecule has 1 aliphatic carbocycles. The van der Waals surface area contributed by atoms with E-state index in [1.165, 1.54) is 37.7 Å². The number of aromatic nitrogens is 1. The second-order valence-electron chi connectivity index (χ2n) is 5.40. The summed E-state index contributed by atoms with van der Waals surface area (Å²) in [6, 6.07) is 4.68. The van der Waals surface area contributed by atoms with E-state index in [1.807, 2.05) is 12.3 Å². The highest BCUT2D eigenvalue weighted by Crippen LogP contribution is 2.22. The van der Waals surface area contributed by atoms with Crippen LogP contribution in [-0.4, -0.2) is 18.1 Å². The van der Waals surface area contributed by atoms with Gasteiger partial charge < -0.3 is 10.1 Å². The zero-order chi connectivity index (χ0) is 12.8. The minimum Gasteiger partial charge on any atom is -0.481 e. The minimum absolute atomic E-state index is 0.678. The predicted octanol–water partition coefficient (Wildman–Crippen LogP) is 3.15. The Balaban J connectivity index is 1.79. The van der Waals surface area contributed by atoms with Crippen molar-refractivity contribution in [2.45, 2.75) is 51.6 Å². The molecule has 1 fully saturated rings. The van der Waals surface area contributed by atoms with Gasteiger partial charge in [0, 0.05) is 24.8 Å². The first-order valence-electron chi connectivity index (χ1n) is 7.00. The standard InChI is InChI=1S/C15H24N2O/c1-12-4-3-5-14(8-6-12)16-10-13-7-9-15(18-2)17-11-13/h7,9,11-12,14,16H,3-6,8,10H2,1-2H3. The van der Waals surface area contributed by atoms with Gasteiger partial charge in [-0.3, -0.25) is 0 Å². The summed E-state index contributed by atoms with van der Waals surface area (Å²) in [6.45, 7) is 3.28. The highest BCUT2D eigenvalue weighted by Gasteiger charge is 2.15. The predicted molar refractivity (Wildman–Crippen MR) is 73.7 cm³/mol. The molecule has 1 aromatic rings. The second-order valence-corrected chi connectivity index (χ2v) is 5.40. The summed E-state index contributed by atoms with van der Waals surface area (Å²) in [5.41, 5.74) is 1.23. The van der Waals surface area contributed by atoms with Crippen LogP contribution in [0, 0.1) is 5.92 Å². The molecule has 1 saturated carbocycles. The lowest BCUT2D eigenvalue weighted by molar-refractivity contribution is 0.397. The fraction of sp³-hybridized carbons (Fsp3) is 0.667. The van der Waals surface area contributed by atoms with Gasteiger partial charge in [0.25, 0.3) is 0 Å². The average Bonchev–Trinajstić information content (AvgIpc) is 2.62. The lowest BCUT2D eigenvalue weighted by Gasteiger charge is -2.16. The zero-order valence-corrected chi connectivity index (χ0v) is 11.5. The van der Waals surface area contributed by atoms with Crippen molar-refractivity contribution < 1.29 is 4.74 Å². The summed E-state index contributed by atoms with van der Waals surface area (Å²) in [6.07, 6.45) is 8.63. The molecule has 0 aliphatic heterocycles. The topological polar surface area (TPSA) is 34.1 Å². The van der Waals surface area contributed by atoms with Crippen molar-refractivity contribution >= 4 is 0 Å². The van der Waals surface area contributed by atoms with Crippen LogP contribution in [0.15, 0.2) is 18.3 Å². The summed E-state index contributed by atoms with van der Waals surface area (Å²) < 4.78 is 5.06. The molecule has 2 unspecified atom stereocenters. The van der Waals surface area contributed by atoms with Gasteiger partial charge in [0.15, 0.2) is 0 Å². The van der Waals surface area contributed by atoms with Crippen molar-refractivity contribution in [2.75, 3.05) is 7.11 Å². The molecule has 2 rings (SSSR count). The Kier molecular flexibility index (Phi) is 5.00. The molecule has 1 heterocycles. The number of nitrogens with zero attached hydrogens (tertiary/aromatic N) is 1. The van der Waals surface area contributed by atoms with Crippen molar-refractivity contribution in [1.29, 1.82) is 0 Å². The van der Waals surface area contributed by atoms with Crippen LogP contribution in [0.5, 0.6) is 5.88 Å². The molecule has 0 amide bonds. The third-order valence-corrected chi connectivity index (χ3v) is 3.86. The van der Waals surface area contributed by atoms with Crippen molar-refractivity contribution in [1.82, 2.24) is 10.3 Å². The third kappa shape index (κ3) is 3.98. The van der Waals surface area contributed by atoms with Gasteiger partial charge in [-0.05, 0) is 30.7 Å². The minimum atomic E-state index is 0.678. The van der Waals surface area contributed by atoms with E-state index in [9.17, 15) is 0 Å². The molecule has 0 radical (unpaired) electrons. The molecule has 18 heavy (non-hydrogen) atoms. The van der Waals surface area contributed by atoms with Gasteiger partial charge in [-0.15, -0.1) is 0 Å². The summed E-state index contributed by atoms with van der Waals surface area (Å²) in [4.78, 5) is 4.23. The van der Waals surface area contributed by atoms with Gasteiger partial charge in [0.1, 0.15) is 0 Å². The van der Waals surface area contributed by atoms with Crippen molar-refractivity contribution in [3.8, 4) is 5.88 Å². The number of hydrogen-bond donors (Lipinski definition) is 1.